The van der Waals surface area contributed by atoms with E-state index in [-0.39, 0.29) is 0 Å². The minimum Gasteiger partial charge on any atom is -0.480 e. The number of nitrogens with one attached hydrogen (secondary N) is 1. The predicted molar refractivity (Wildman–Crippen MR) is 68.0 cm³/mol. The SMILES string of the molecule is CC1CCC(NCC2CCCC2)(C(=O)O)CC1. The predicted octanol–water partition coefficient (Wildman–Crippen LogP) is 2.80. The molecule has 0 amide bonds. The van der Waals surface area contributed by atoms with Crippen molar-refractivity contribution in [3.05, 3.63) is 0 Å². The molecule has 0 unspecified atom stereocenters. The highest BCUT2D eigenvalue weighted by Crippen LogP contribution is 2.33. The Labute approximate surface area is 104 Å². The van der Waals surface area contributed by atoms with Crippen molar-refractivity contribution in [3.63, 3.8) is 0 Å². The van der Waals surface area contributed by atoms with Crippen LogP contribution in [0.4, 0.5) is 0 Å². The van der Waals surface area contributed by atoms with Gasteiger partial charge < -0.3 is 10.4 Å². The van der Waals surface area contributed by atoms with Gasteiger partial charge >= 0.3 is 5.97 Å². The lowest BCUT2D eigenvalue weighted by Crippen LogP contribution is -2.55. The van der Waals surface area contributed by atoms with Gasteiger partial charge in [0.1, 0.15) is 5.54 Å². The van der Waals surface area contributed by atoms with Crippen molar-refractivity contribution in [2.75, 3.05) is 6.54 Å². The topological polar surface area (TPSA) is 49.3 Å². The molecule has 0 atom stereocenters. The normalized spacial score (nSPS) is 35.0. The summed E-state index contributed by atoms with van der Waals surface area (Å²) < 4.78 is 0. The van der Waals surface area contributed by atoms with Crippen LogP contribution in [0.5, 0.6) is 0 Å². The van der Waals surface area contributed by atoms with Crippen molar-refractivity contribution >= 4 is 5.97 Å². The second kappa shape index (κ2) is 5.38. The average molecular weight is 239 g/mol. The lowest BCUT2D eigenvalue weighted by Gasteiger charge is -2.37. The van der Waals surface area contributed by atoms with Gasteiger partial charge in [-0.15, -0.1) is 0 Å². The van der Waals surface area contributed by atoms with E-state index in [1.165, 1.54) is 25.7 Å². The molecule has 0 spiro atoms. The smallest absolute Gasteiger partial charge is 0.323 e. The van der Waals surface area contributed by atoms with Crippen molar-refractivity contribution < 1.29 is 9.90 Å². The summed E-state index contributed by atoms with van der Waals surface area (Å²) in [6.07, 6.45) is 8.89. The standard InChI is InChI=1S/C14H25NO2/c1-11-6-8-14(9-7-11,13(16)17)15-10-12-4-2-3-5-12/h11-12,15H,2-10H2,1H3,(H,16,17). The fourth-order valence-electron chi connectivity index (χ4n) is 3.28. The van der Waals surface area contributed by atoms with Crippen molar-refractivity contribution in [1.82, 2.24) is 5.32 Å². The first kappa shape index (κ1) is 12.9. The fourth-order valence-corrected chi connectivity index (χ4v) is 3.28. The van der Waals surface area contributed by atoms with Crippen LogP contribution in [0, 0.1) is 11.8 Å². The molecule has 2 fully saturated rings. The second-order valence-electron chi connectivity index (χ2n) is 6.10. The van der Waals surface area contributed by atoms with Crippen molar-refractivity contribution in [2.45, 2.75) is 63.8 Å². The quantitative estimate of drug-likeness (QED) is 0.793. The van der Waals surface area contributed by atoms with E-state index in [1.807, 2.05) is 0 Å². The molecule has 98 valence electrons. The summed E-state index contributed by atoms with van der Waals surface area (Å²) in [4.78, 5) is 11.5. The minimum atomic E-state index is -0.637. The molecule has 2 saturated carbocycles. The molecule has 0 aromatic rings. The molecule has 17 heavy (non-hydrogen) atoms. The Morgan fingerprint density at radius 2 is 1.82 bits per heavy atom. The first-order valence-corrected chi connectivity index (χ1v) is 7.11. The van der Waals surface area contributed by atoms with Gasteiger partial charge in [0.05, 0.1) is 0 Å². The van der Waals surface area contributed by atoms with Gasteiger partial charge in [0.2, 0.25) is 0 Å². The number of rotatable bonds is 4. The van der Waals surface area contributed by atoms with Crippen LogP contribution in [0.3, 0.4) is 0 Å². The van der Waals surface area contributed by atoms with Crippen LogP contribution in [0.2, 0.25) is 0 Å². The third kappa shape index (κ3) is 3.01. The van der Waals surface area contributed by atoms with E-state index in [0.717, 1.165) is 32.2 Å². The summed E-state index contributed by atoms with van der Waals surface area (Å²) in [5, 5.41) is 12.9. The van der Waals surface area contributed by atoms with E-state index < -0.39 is 11.5 Å². The first-order valence-electron chi connectivity index (χ1n) is 7.11. The monoisotopic (exact) mass is 239 g/mol. The highest BCUT2D eigenvalue weighted by atomic mass is 16.4. The molecule has 2 rings (SSSR count). The molecule has 0 aliphatic heterocycles. The van der Waals surface area contributed by atoms with Crippen LogP contribution in [-0.4, -0.2) is 23.2 Å². The molecule has 0 bridgehead atoms. The van der Waals surface area contributed by atoms with Crippen molar-refractivity contribution in [2.24, 2.45) is 11.8 Å². The Bertz CT molecular complexity index is 263. The van der Waals surface area contributed by atoms with Crippen LogP contribution in [0.25, 0.3) is 0 Å². The number of carboxylic acid groups (broad SMARTS) is 1. The van der Waals surface area contributed by atoms with Crippen LogP contribution < -0.4 is 5.32 Å². The highest BCUT2D eigenvalue weighted by molar-refractivity contribution is 5.78. The number of hydrogen-bond donors (Lipinski definition) is 2. The Morgan fingerprint density at radius 1 is 1.24 bits per heavy atom. The minimum absolute atomic E-state index is 0.616. The van der Waals surface area contributed by atoms with Crippen molar-refractivity contribution in [1.29, 1.82) is 0 Å². The molecule has 0 aromatic heterocycles. The maximum absolute atomic E-state index is 11.5. The molecule has 2 aliphatic carbocycles. The largest absolute Gasteiger partial charge is 0.480 e. The van der Waals surface area contributed by atoms with E-state index in [4.69, 9.17) is 0 Å². The highest BCUT2D eigenvalue weighted by Gasteiger charge is 2.41. The fraction of sp³-hybridized carbons (Fsp3) is 0.929. The molecule has 0 heterocycles. The zero-order valence-corrected chi connectivity index (χ0v) is 10.9. The average Bonchev–Trinajstić information content (AvgIpc) is 2.81. The number of aliphatic carboxylic acids is 1. The first-order chi connectivity index (χ1) is 8.12. The van der Waals surface area contributed by atoms with E-state index in [1.54, 1.807) is 0 Å². The van der Waals surface area contributed by atoms with Gasteiger partial charge in [-0.25, -0.2) is 0 Å². The summed E-state index contributed by atoms with van der Waals surface area (Å²) >= 11 is 0. The molecule has 0 aromatic carbocycles. The Morgan fingerprint density at radius 3 is 2.35 bits per heavy atom. The van der Waals surface area contributed by atoms with Crippen LogP contribution in [0.1, 0.15) is 58.3 Å². The zero-order chi connectivity index (χ0) is 12.3. The molecular weight excluding hydrogens is 214 g/mol. The van der Waals surface area contributed by atoms with Gasteiger partial charge in [-0.3, -0.25) is 4.79 Å². The molecule has 3 nitrogen and oxygen atoms in total. The molecule has 3 heteroatoms. The molecule has 0 saturated heterocycles. The van der Waals surface area contributed by atoms with Gasteiger partial charge in [0.15, 0.2) is 0 Å². The second-order valence-corrected chi connectivity index (χ2v) is 6.10. The van der Waals surface area contributed by atoms with E-state index >= 15 is 0 Å². The summed E-state index contributed by atoms with van der Waals surface area (Å²) in [5.74, 6) is 0.767. The molecule has 0 radical (unpaired) electrons. The van der Waals surface area contributed by atoms with Gasteiger partial charge in [0, 0.05) is 0 Å². The van der Waals surface area contributed by atoms with E-state index in [0.29, 0.717) is 11.8 Å². The van der Waals surface area contributed by atoms with Gasteiger partial charge in [-0.05, 0) is 56.9 Å². The summed E-state index contributed by atoms with van der Waals surface area (Å²) in [6, 6.07) is 0. The van der Waals surface area contributed by atoms with Gasteiger partial charge in [-0.2, -0.15) is 0 Å². The van der Waals surface area contributed by atoms with Gasteiger partial charge in [-0.1, -0.05) is 19.8 Å². The maximum Gasteiger partial charge on any atom is 0.323 e. The zero-order valence-electron chi connectivity index (χ0n) is 10.9. The van der Waals surface area contributed by atoms with Crippen LogP contribution >= 0.6 is 0 Å². The Balaban J connectivity index is 1.89. The van der Waals surface area contributed by atoms with Crippen molar-refractivity contribution in [3.8, 4) is 0 Å². The summed E-state index contributed by atoms with van der Waals surface area (Å²) in [7, 11) is 0. The lowest BCUT2D eigenvalue weighted by molar-refractivity contribution is -0.146. The molecular formula is C14H25NO2. The number of hydrogen-bond acceptors (Lipinski definition) is 2. The Hall–Kier alpha value is -0.570. The summed E-state index contributed by atoms with van der Waals surface area (Å²) in [5.41, 5.74) is -0.616. The van der Waals surface area contributed by atoms with E-state index in [9.17, 15) is 9.90 Å². The third-order valence-corrected chi connectivity index (χ3v) is 4.74. The number of carboxylic acids is 1. The molecule has 2 N–H and O–H groups in total. The van der Waals surface area contributed by atoms with Gasteiger partial charge in [0.25, 0.3) is 0 Å². The van der Waals surface area contributed by atoms with E-state index in [2.05, 4.69) is 12.2 Å². The van der Waals surface area contributed by atoms with Crippen LogP contribution in [0.15, 0.2) is 0 Å². The summed E-state index contributed by atoms with van der Waals surface area (Å²) in [6.45, 7) is 3.13. The lowest BCUT2D eigenvalue weighted by atomic mass is 9.77. The third-order valence-electron chi connectivity index (χ3n) is 4.74. The number of carbonyl (C=O) groups is 1. The Kier molecular flexibility index (Phi) is 4.08. The molecule has 2 aliphatic rings. The maximum atomic E-state index is 11.5. The van der Waals surface area contributed by atoms with Crippen LogP contribution in [-0.2, 0) is 4.79 Å².